The topological polar surface area (TPSA) is 54.0 Å². The first-order valence-corrected chi connectivity index (χ1v) is 10.2. The number of rotatable bonds is 5. The van der Waals surface area contributed by atoms with Gasteiger partial charge in [-0.05, 0) is 37.3 Å². The third kappa shape index (κ3) is 4.38. The smallest absolute Gasteiger partial charge is 0.321 e. The molecule has 2 fully saturated rings. The Morgan fingerprint density at radius 3 is 2.48 bits per heavy atom. The Morgan fingerprint density at radius 1 is 1.19 bits per heavy atom. The van der Waals surface area contributed by atoms with Gasteiger partial charge in [0, 0.05) is 43.5 Å². The minimum atomic E-state index is -0.0204. The zero-order valence-corrected chi connectivity index (χ0v) is 16.9. The molecule has 150 valence electrons. The first kappa shape index (κ1) is 20.0. The maximum Gasteiger partial charge on any atom is 0.321 e. The molecule has 1 aromatic carbocycles. The molecular weight excluding hydrogens is 342 g/mol. The first-order valence-electron chi connectivity index (χ1n) is 10.2. The Labute approximate surface area is 162 Å². The summed E-state index contributed by atoms with van der Waals surface area (Å²) < 4.78 is 10.9. The molecule has 0 bridgehead atoms. The highest BCUT2D eigenvalue weighted by Crippen LogP contribution is 2.33. The van der Waals surface area contributed by atoms with Crippen molar-refractivity contribution in [1.29, 1.82) is 0 Å². The van der Waals surface area contributed by atoms with Crippen LogP contribution in [0.5, 0.6) is 5.75 Å². The normalized spacial score (nSPS) is 20.3. The van der Waals surface area contributed by atoms with Gasteiger partial charge in [0.15, 0.2) is 0 Å². The van der Waals surface area contributed by atoms with E-state index in [1.165, 1.54) is 0 Å². The van der Waals surface area contributed by atoms with E-state index in [0.717, 1.165) is 82.1 Å². The first-order chi connectivity index (χ1) is 13.1. The SMILES string of the molecule is CCc1ccc(NC(=O)N2CCC(CC)(N3CCOCC3)CC2)cc1OC. The van der Waals surface area contributed by atoms with Crippen molar-refractivity contribution < 1.29 is 14.3 Å². The number of anilines is 1. The fraction of sp³-hybridized carbons (Fsp3) is 0.667. The van der Waals surface area contributed by atoms with Crippen LogP contribution in [0.1, 0.15) is 38.7 Å². The number of nitrogens with one attached hydrogen (secondary N) is 1. The molecule has 2 saturated heterocycles. The highest BCUT2D eigenvalue weighted by Gasteiger charge is 2.39. The average molecular weight is 376 g/mol. The number of aryl methyl sites for hydroxylation is 1. The van der Waals surface area contributed by atoms with Crippen LogP contribution in [0, 0.1) is 0 Å². The van der Waals surface area contributed by atoms with E-state index >= 15 is 0 Å². The van der Waals surface area contributed by atoms with E-state index < -0.39 is 0 Å². The predicted octanol–water partition coefficient (Wildman–Crippen LogP) is 3.37. The monoisotopic (exact) mass is 375 g/mol. The Morgan fingerprint density at radius 2 is 1.89 bits per heavy atom. The van der Waals surface area contributed by atoms with E-state index in [0.29, 0.717) is 0 Å². The number of likely N-dealkylation sites (tertiary alicyclic amines) is 1. The van der Waals surface area contributed by atoms with Crippen molar-refractivity contribution in [2.24, 2.45) is 0 Å². The molecule has 0 radical (unpaired) electrons. The van der Waals surface area contributed by atoms with Gasteiger partial charge in [-0.25, -0.2) is 4.79 Å². The van der Waals surface area contributed by atoms with Gasteiger partial charge in [0.1, 0.15) is 5.75 Å². The fourth-order valence-corrected chi connectivity index (χ4v) is 4.37. The van der Waals surface area contributed by atoms with Crippen molar-refractivity contribution in [3.63, 3.8) is 0 Å². The summed E-state index contributed by atoms with van der Waals surface area (Å²) in [5, 5.41) is 3.04. The number of hydrogen-bond acceptors (Lipinski definition) is 4. The molecule has 6 nitrogen and oxygen atoms in total. The zero-order chi connectivity index (χ0) is 19.3. The second-order valence-electron chi connectivity index (χ2n) is 7.47. The van der Waals surface area contributed by atoms with Gasteiger partial charge in [-0.2, -0.15) is 0 Å². The fourth-order valence-electron chi connectivity index (χ4n) is 4.37. The third-order valence-corrected chi connectivity index (χ3v) is 6.24. The molecule has 27 heavy (non-hydrogen) atoms. The lowest BCUT2D eigenvalue weighted by Crippen LogP contribution is -2.59. The van der Waals surface area contributed by atoms with Crippen LogP contribution in [0.15, 0.2) is 18.2 Å². The average Bonchev–Trinajstić information content (AvgIpc) is 2.74. The molecule has 0 aliphatic carbocycles. The number of nitrogens with zero attached hydrogens (tertiary/aromatic N) is 2. The Bertz CT molecular complexity index is 636. The van der Waals surface area contributed by atoms with Crippen LogP contribution in [-0.4, -0.2) is 67.9 Å². The summed E-state index contributed by atoms with van der Waals surface area (Å²) in [4.78, 5) is 17.3. The number of urea groups is 1. The lowest BCUT2D eigenvalue weighted by Gasteiger charge is -2.49. The summed E-state index contributed by atoms with van der Waals surface area (Å²) in [5.74, 6) is 0.825. The van der Waals surface area contributed by atoms with Crippen LogP contribution < -0.4 is 10.1 Å². The number of methoxy groups -OCH3 is 1. The maximum absolute atomic E-state index is 12.7. The van der Waals surface area contributed by atoms with E-state index in [4.69, 9.17) is 9.47 Å². The van der Waals surface area contributed by atoms with Crippen LogP contribution in [-0.2, 0) is 11.2 Å². The molecule has 1 N–H and O–H groups in total. The number of carbonyl (C=O) groups is 1. The number of benzene rings is 1. The summed E-state index contributed by atoms with van der Waals surface area (Å²) in [7, 11) is 1.67. The Balaban J connectivity index is 1.59. The summed E-state index contributed by atoms with van der Waals surface area (Å²) in [6, 6.07) is 5.86. The number of piperidine rings is 1. The number of hydrogen-bond donors (Lipinski definition) is 1. The molecule has 3 rings (SSSR count). The van der Waals surface area contributed by atoms with E-state index in [1.807, 2.05) is 23.1 Å². The van der Waals surface area contributed by atoms with Gasteiger partial charge in [0.25, 0.3) is 0 Å². The zero-order valence-electron chi connectivity index (χ0n) is 16.9. The third-order valence-electron chi connectivity index (χ3n) is 6.24. The van der Waals surface area contributed by atoms with E-state index in [9.17, 15) is 4.79 Å². The molecule has 0 unspecified atom stereocenters. The largest absolute Gasteiger partial charge is 0.496 e. The van der Waals surface area contributed by atoms with Crippen LogP contribution in [0.3, 0.4) is 0 Å². The minimum absolute atomic E-state index is 0.0204. The standard InChI is InChI=1S/C21H33N3O3/c1-4-17-6-7-18(16-19(17)26-3)22-20(25)23-10-8-21(5-2,9-11-23)24-12-14-27-15-13-24/h6-7,16H,4-5,8-15H2,1-3H3,(H,22,25). The number of amides is 2. The van der Waals surface area contributed by atoms with Crippen LogP contribution in [0.2, 0.25) is 0 Å². The van der Waals surface area contributed by atoms with E-state index in [1.54, 1.807) is 7.11 Å². The maximum atomic E-state index is 12.7. The Kier molecular flexibility index (Phi) is 6.60. The second-order valence-corrected chi connectivity index (χ2v) is 7.47. The summed E-state index contributed by atoms with van der Waals surface area (Å²) in [6.07, 6.45) is 4.08. The minimum Gasteiger partial charge on any atom is -0.496 e. The quantitative estimate of drug-likeness (QED) is 0.857. The molecular formula is C21H33N3O3. The van der Waals surface area contributed by atoms with Crippen molar-refractivity contribution in [3.05, 3.63) is 23.8 Å². The molecule has 1 aromatic rings. The van der Waals surface area contributed by atoms with Gasteiger partial charge < -0.3 is 19.7 Å². The number of ether oxygens (including phenoxy) is 2. The summed E-state index contributed by atoms with van der Waals surface area (Å²) in [6.45, 7) is 9.60. The molecule has 2 aliphatic heterocycles. The summed E-state index contributed by atoms with van der Waals surface area (Å²) in [5.41, 5.74) is 2.15. The van der Waals surface area contributed by atoms with Crippen LogP contribution in [0.25, 0.3) is 0 Å². The van der Waals surface area contributed by atoms with Crippen molar-refractivity contribution >= 4 is 11.7 Å². The van der Waals surface area contributed by atoms with Crippen molar-refractivity contribution in [2.45, 2.75) is 45.1 Å². The van der Waals surface area contributed by atoms with Crippen molar-refractivity contribution in [1.82, 2.24) is 9.80 Å². The molecule has 6 heteroatoms. The van der Waals surface area contributed by atoms with Crippen molar-refractivity contribution in [2.75, 3.05) is 51.8 Å². The van der Waals surface area contributed by atoms with Crippen molar-refractivity contribution in [3.8, 4) is 5.75 Å². The van der Waals surface area contributed by atoms with E-state index in [2.05, 4.69) is 24.1 Å². The second kappa shape index (κ2) is 8.93. The van der Waals surface area contributed by atoms with Gasteiger partial charge in [-0.3, -0.25) is 4.90 Å². The molecule has 0 atom stereocenters. The molecule has 0 aromatic heterocycles. The molecule has 0 spiro atoms. The van der Waals surface area contributed by atoms with Crippen LogP contribution >= 0.6 is 0 Å². The molecule has 0 saturated carbocycles. The number of carbonyl (C=O) groups excluding carboxylic acids is 1. The lowest BCUT2D eigenvalue weighted by molar-refractivity contribution is -0.0449. The predicted molar refractivity (Wildman–Crippen MR) is 108 cm³/mol. The highest BCUT2D eigenvalue weighted by atomic mass is 16.5. The van der Waals surface area contributed by atoms with Gasteiger partial charge >= 0.3 is 6.03 Å². The van der Waals surface area contributed by atoms with Gasteiger partial charge in [0.05, 0.1) is 20.3 Å². The van der Waals surface area contributed by atoms with Gasteiger partial charge in [-0.15, -0.1) is 0 Å². The number of morpholine rings is 1. The Hall–Kier alpha value is -1.79. The highest BCUT2D eigenvalue weighted by molar-refractivity contribution is 5.89. The molecule has 2 aliphatic rings. The molecule has 2 heterocycles. The lowest BCUT2D eigenvalue weighted by atomic mass is 9.83. The van der Waals surface area contributed by atoms with Gasteiger partial charge in [-0.1, -0.05) is 19.9 Å². The van der Waals surface area contributed by atoms with Gasteiger partial charge in [0.2, 0.25) is 0 Å². The van der Waals surface area contributed by atoms with E-state index in [-0.39, 0.29) is 11.6 Å². The molecule has 2 amide bonds. The van der Waals surface area contributed by atoms with Crippen LogP contribution in [0.4, 0.5) is 10.5 Å². The summed E-state index contributed by atoms with van der Waals surface area (Å²) >= 11 is 0.